The van der Waals surface area contributed by atoms with Crippen LogP contribution in [0.4, 0.5) is 0 Å². The van der Waals surface area contributed by atoms with Crippen molar-refractivity contribution in [3.63, 3.8) is 0 Å². The first-order valence-electron chi connectivity index (χ1n) is 7.86. The van der Waals surface area contributed by atoms with Crippen molar-refractivity contribution in [1.29, 1.82) is 0 Å². The van der Waals surface area contributed by atoms with E-state index in [1.54, 1.807) is 7.11 Å². The van der Waals surface area contributed by atoms with E-state index in [-0.39, 0.29) is 0 Å². The van der Waals surface area contributed by atoms with Gasteiger partial charge in [-0.25, -0.2) is 0 Å². The summed E-state index contributed by atoms with van der Waals surface area (Å²) in [6.45, 7) is 0.996. The van der Waals surface area contributed by atoms with Gasteiger partial charge in [-0.05, 0) is 43.4 Å². The van der Waals surface area contributed by atoms with Gasteiger partial charge < -0.3 is 10.1 Å². The minimum absolute atomic E-state index is 0.772. The summed E-state index contributed by atoms with van der Waals surface area (Å²) in [5.74, 6) is 2.14. The Morgan fingerprint density at radius 2 is 2.00 bits per heavy atom. The summed E-state index contributed by atoms with van der Waals surface area (Å²) < 4.78 is 5.52. The van der Waals surface area contributed by atoms with Crippen molar-refractivity contribution >= 4 is 11.8 Å². The second kappa shape index (κ2) is 6.86. The Morgan fingerprint density at radius 3 is 2.70 bits per heavy atom. The van der Waals surface area contributed by atoms with Crippen LogP contribution < -0.4 is 10.1 Å². The van der Waals surface area contributed by atoms with E-state index >= 15 is 0 Å². The van der Waals surface area contributed by atoms with E-state index in [1.165, 1.54) is 49.7 Å². The zero-order valence-electron chi connectivity index (χ0n) is 12.4. The SMILES string of the molecule is COc1ccc(CNC2CC2)cc1CSC1CCCC1. The van der Waals surface area contributed by atoms with E-state index in [9.17, 15) is 0 Å². The average molecular weight is 291 g/mol. The fraction of sp³-hybridized carbons (Fsp3) is 0.647. The summed E-state index contributed by atoms with van der Waals surface area (Å²) in [6, 6.07) is 7.43. The Morgan fingerprint density at radius 1 is 1.20 bits per heavy atom. The van der Waals surface area contributed by atoms with Crippen LogP contribution in [0.2, 0.25) is 0 Å². The fourth-order valence-corrected chi connectivity index (χ4v) is 4.17. The first-order valence-corrected chi connectivity index (χ1v) is 8.91. The lowest BCUT2D eigenvalue weighted by atomic mass is 10.1. The van der Waals surface area contributed by atoms with Gasteiger partial charge in [-0.15, -0.1) is 0 Å². The van der Waals surface area contributed by atoms with Crippen LogP contribution in [0, 0.1) is 0 Å². The van der Waals surface area contributed by atoms with E-state index in [2.05, 4.69) is 35.3 Å². The summed E-state index contributed by atoms with van der Waals surface area (Å²) >= 11 is 2.11. The van der Waals surface area contributed by atoms with E-state index in [1.807, 2.05) is 0 Å². The summed E-state index contributed by atoms with van der Waals surface area (Å²) in [7, 11) is 1.78. The van der Waals surface area contributed by atoms with Crippen molar-refractivity contribution in [3.05, 3.63) is 29.3 Å². The molecule has 0 bridgehead atoms. The molecule has 0 atom stereocenters. The highest BCUT2D eigenvalue weighted by atomic mass is 32.2. The third-order valence-electron chi connectivity index (χ3n) is 4.29. The van der Waals surface area contributed by atoms with Crippen LogP contribution in [-0.4, -0.2) is 18.4 Å². The Labute approximate surface area is 126 Å². The Hall–Kier alpha value is -0.670. The number of nitrogens with one attached hydrogen (secondary N) is 1. The Balaban J connectivity index is 1.60. The highest BCUT2D eigenvalue weighted by molar-refractivity contribution is 7.99. The number of hydrogen-bond acceptors (Lipinski definition) is 3. The van der Waals surface area contributed by atoms with Crippen molar-refractivity contribution in [2.24, 2.45) is 0 Å². The van der Waals surface area contributed by atoms with E-state index < -0.39 is 0 Å². The molecular weight excluding hydrogens is 266 g/mol. The molecule has 0 aliphatic heterocycles. The van der Waals surface area contributed by atoms with E-state index in [4.69, 9.17) is 4.74 Å². The first kappa shape index (κ1) is 14.3. The van der Waals surface area contributed by atoms with Crippen molar-refractivity contribution in [3.8, 4) is 5.75 Å². The Kier molecular flexibility index (Phi) is 4.90. The number of rotatable bonds is 7. The van der Waals surface area contributed by atoms with Gasteiger partial charge in [0.15, 0.2) is 0 Å². The zero-order chi connectivity index (χ0) is 13.8. The molecule has 3 heteroatoms. The van der Waals surface area contributed by atoms with Crippen molar-refractivity contribution < 1.29 is 4.74 Å². The minimum atomic E-state index is 0.772. The maximum absolute atomic E-state index is 5.52. The van der Waals surface area contributed by atoms with Crippen LogP contribution in [0.1, 0.15) is 49.7 Å². The third kappa shape index (κ3) is 3.92. The maximum Gasteiger partial charge on any atom is 0.122 e. The van der Waals surface area contributed by atoms with Crippen LogP contribution in [0.3, 0.4) is 0 Å². The molecule has 0 aromatic heterocycles. The molecule has 110 valence electrons. The molecule has 1 N–H and O–H groups in total. The van der Waals surface area contributed by atoms with Crippen molar-refractivity contribution in [1.82, 2.24) is 5.32 Å². The molecule has 2 saturated carbocycles. The molecule has 1 aromatic carbocycles. The first-order chi connectivity index (χ1) is 9.85. The van der Waals surface area contributed by atoms with Gasteiger partial charge in [-0.3, -0.25) is 0 Å². The van der Waals surface area contributed by atoms with Gasteiger partial charge in [0.25, 0.3) is 0 Å². The second-order valence-electron chi connectivity index (χ2n) is 6.02. The van der Waals surface area contributed by atoms with Crippen molar-refractivity contribution in [2.75, 3.05) is 7.11 Å². The largest absolute Gasteiger partial charge is 0.496 e. The molecule has 1 aromatic rings. The molecule has 0 spiro atoms. The number of hydrogen-bond donors (Lipinski definition) is 1. The summed E-state index contributed by atoms with van der Waals surface area (Å²) in [5.41, 5.74) is 2.75. The van der Waals surface area contributed by atoms with Gasteiger partial charge >= 0.3 is 0 Å². The smallest absolute Gasteiger partial charge is 0.122 e. The molecule has 3 rings (SSSR count). The Bertz CT molecular complexity index is 439. The zero-order valence-corrected chi connectivity index (χ0v) is 13.2. The molecule has 2 fully saturated rings. The number of benzene rings is 1. The highest BCUT2D eigenvalue weighted by Gasteiger charge is 2.20. The molecule has 0 saturated heterocycles. The molecular formula is C17H25NOS. The highest BCUT2D eigenvalue weighted by Crippen LogP contribution is 2.34. The lowest BCUT2D eigenvalue weighted by Crippen LogP contribution is -2.15. The standard InChI is InChI=1S/C17H25NOS/c1-19-17-9-6-13(11-18-15-7-8-15)10-14(17)12-20-16-4-2-3-5-16/h6,9-10,15-16,18H,2-5,7-8,11-12H2,1H3. The monoisotopic (exact) mass is 291 g/mol. The average Bonchev–Trinajstić information content (AvgIpc) is 3.17. The summed E-state index contributed by atoms with van der Waals surface area (Å²) in [5, 5.41) is 4.46. The lowest BCUT2D eigenvalue weighted by molar-refractivity contribution is 0.411. The van der Waals surface area contributed by atoms with Crippen LogP contribution in [-0.2, 0) is 12.3 Å². The summed E-state index contributed by atoms with van der Waals surface area (Å²) in [4.78, 5) is 0. The van der Waals surface area contributed by atoms with Crippen LogP contribution in [0.25, 0.3) is 0 Å². The fourth-order valence-electron chi connectivity index (χ4n) is 2.87. The minimum Gasteiger partial charge on any atom is -0.496 e. The normalized spacial score (nSPS) is 19.4. The van der Waals surface area contributed by atoms with Gasteiger partial charge in [-0.2, -0.15) is 11.8 Å². The quantitative estimate of drug-likeness (QED) is 0.816. The van der Waals surface area contributed by atoms with Gasteiger partial charge in [-0.1, -0.05) is 18.9 Å². The predicted octanol–water partition coefficient (Wildman–Crippen LogP) is 4.12. The van der Waals surface area contributed by atoms with Crippen LogP contribution in [0.5, 0.6) is 5.75 Å². The number of ether oxygens (including phenoxy) is 1. The van der Waals surface area contributed by atoms with Crippen molar-refractivity contribution in [2.45, 2.75) is 62.1 Å². The van der Waals surface area contributed by atoms with Gasteiger partial charge in [0.2, 0.25) is 0 Å². The second-order valence-corrected chi connectivity index (χ2v) is 7.31. The maximum atomic E-state index is 5.52. The van der Waals surface area contributed by atoms with E-state index in [0.29, 0.717) is 0 Å². The molecule has 2 aliphatic carbocycles. The van der Waals surface area contributed by atoms with Gasteiger partial charge in [0.1, 0.15) is 5.75 Å². The third-order valence-corrected chi connectivity index (χ3v) is 5.71. The number of thioether (sulfide) groups is 1. The van der Waals surface area contributed by atoms with Crippen LogP contribution in [0.15, 0.2) is 18.2 Å². The predicted molar refractivity (Wildman–Crippen MR) is 86.4 cm³/mol. The molecule has 0 unspecified atom stereocenters. The van der Waals surface area contributed by atoms with Crippen LogP contribution >= 0.6 is 11.8 Å². The molecule has 0 heterocycles. The number of methoxy groups -OCH3 is 1. The van der Waals surface area contributed by atoms with Gasteiger partial charge in [0, 0.05) is 29.2 Å². The molecule has 2 nitrogen and oxygen atoms in total. The van der Waals surface area contributed by atoms with Gasteiger partial charge in [0.05, 0.1) is 7.11 Å². The molecule has 0 radical (unpaired) electrons. The topological polar surface area (TPSA) is 21.3 Å². The molecule has 20 heavy (non-hydrogen) atoms. The van der Waals surface area contributed by atoms with E-state index in [0.717, 1.165) is 29.3 Å². The molecule has 2 aliphatic rings. The lowest BCUT2D eigenvalue weighted by Gasteiger charge is -2.13. The summed E-state index contributed by atoms with van der Waals surface area (Å²) in [6.07, 6.45) is 8.33. The molecule has 0 amide bonds.